The first-order valence-corrected chi connectivity index (χ1v) is 6.06. The van der Waals surface area contributed by atoms with Crippen LogP contribution in [-0.2, 0) is 6.54 Å². The SMILES string of the molecule is COc1ccc(NCc2ccc(O)c(O)c2)cc1Cl. The molecular formula is C14H14ClNO3. The quantitative estimate of drug-likeness (QED) is 0.751. The first-order chi connectivity index (χ1) is 9.10. The summed E-state index contributed by atoms with van der Waals surface area (Å²) in [6, 6.07) is 10.1. The molecule has 0 amide bonds. The molecule has 0 aliphatic rings. The molecule has 0 radical (unpaired) electrons. The Kier molecular flexibility index (Phi) is 4.02. The van der Waals surface area contributed by atoms with Gasteiger partial charge in [-0.05, 0) is 35.9 Å². The minimum Gasteiger partial charge on any atom is -0.504 e. The monoisotopic (exact) mass is 279 g/mol. The number of rotatable bonds is 4. The Hall–Kier alpha value is -2.07. The minimum atomic E-state index is -0.132. The third-order valence-electron chi connectivity index (χ3n) is 2.69. The molecule has 2 rings (SSSR count). The van der Waals surface area contributed by atoms with E-state index in [-0.39, 0.29) is 11.5 Å². The lowest BCUT2D eigenvalue weighted by atomic mass is 10.2. The highest BCUT2D eigenvalue weighted by molar-refractivity contribution is 6.32. The van der Waals surface area contributed by atoms with Crippen molar-refractivity contribution in [1.82, 2.24) is 0 Å². The van der Waals surface area contributed by atoms with E-state index in [1.807, 2.05) is 6.07 Å². The predicted octanol–water partition coefficient (Wildman–Crippen LogP) is 3.37. The van der Waals surface area contributed by atoms with Crippen LogP contribution in [-0.4, -0.2) is 17.3 Å². The van der Waals surface area contributed by atoms with Gasteiger partial charge in [0.25, 0.3) is 0 Å². The topological polar surface area (TPSA) is 61.7 Å². The van der Waals surface area contributed by atoms with Gasteiger partial charge in [-0.15, -0.1) is 0 Å². The first kappa shape index (κ1) is 13.4. The van der Waals surface area contributed by atoms with E-state index in [0.29, 0.717) is 17.3 Å². The van der Waals surface area contributed by atoms with Crippen molar-refractivity contribution in [3.8, 4) is 17.2 Å². The van der Waals surface area contributed by atoms with Gasteiger partial charge in [-0.25, -0.2) is 0 Å². The van der Waals surface area contributed by atoms with Gasteiger partial charge in [-0.2, -0.15) is 0 Å². The van der Waals surface area contributed by atoms with Gasteiger partial charge >= 0.3 is 0 Å². The molecule has 0 unspecified atom stereocenters. The number of nitrogens with one attached hydrogen (secondary N) is 1. The van der Waals surface area contributed by atoms with Crippen molar-refractivity contribution < 1.29 is 14.9 Å². The fourth-order valence-corrected chi connectivity index (χ4v) is 1.92. The summed E-state index contributed by atoms with van der Waals surface area (Å²) >= 11 is 6.02. The molecule has 0 saturated carbocycles. The number of benzene rings is 2. The highest BCUT2D eigenvalue weighted by Gasteiger charge is 2.03. The molecule has 0 atom stereocenters. The number of aromatic hydroxyl groups is 2. The molecule has 4 nitrogen and oxygen atoms in total. The Labute approximate surface area is 116 Å². The lowest BCUT2D eigenvalue weighted by Gasteiger charge is -2.09. The normalized spacial score (nSPS) is 10.2. The molecule has 5 heteroatoms. The van der Waals surface area contributed by atoms with Crippen molar-refractivity contribution in [3.63, 3.8) is 0 Å². The van der Waals surface area contributed by atoms with Crippen LogP contribution in [0.5, 0.6) is 17.2 Å². The van der Waals surface area contributed by atoms with E-state index < -0.39 is 0 Å². The van der Waals surface area contributed by atoms with Crippen molar-refractivity contribution in [2.75, 3.05) is 12.4 Å². The number of ether oxygens (including phenoxy) is 1. The Bertz CT molecular complexity index is 587. The van der Waals surface area contributed by atoms with Gasteiger partial charge in [0.15, 0.2) is 11.5 Å². The Morgan fingerprint density at radius 2 is 1.89 bits per heavy atom. The first-order valence-electron chi connectivity index (χ1n) is 5.68. The van der Waals surface area contributed by atoms with Gasteiger partial charge in [0.05, 0.1) is 12.1 Å². The number of hydrogen-bond acceptors (Lipinski definition) is 4. The fourth-order valence-electron chi connectivity index (χ4n) is 1.66. The third kappa shape index (κ3) is 3.23. The molecule has 19 heavy (non-hydrogen) atoms. The summed E-state index contributed by atoms with van der Waals surface area (Å²) < 4.78 is 5.07. The van der Waals surface area contributed by atoms with Crippen molar-refractivity contribution in [2.24, 2.45) is 0 Å². The summed E-state index contributed by atoms with van der Waals surface area (Å²) in [5, 5.41) is 22.3. The number of methoxy groups -OCH3 is 1. The predicted molar refractivity (Wildman–Crippen MR) is 75.1 cm³/mol. The maximum Gasteiger partial charge on any atom is 0.157 e. The van der Waals surface area contributed by atoms with Gasteiger partial charge in [-0.1, -0.05) is 17.7 Å². The highest BCUT2D eigenvalue weighted by atomic mass is 35.5. The minimum absolute atomic E-state index is 0.128. The summed E-state index contributed by atoms with van der Waals surface area (Å²) in [5.41, 5.74) is 1.70. The van der Waals surface area contributed by atoms with Crippen LogP contribution in [0.2, 0.25) is 5.02 Å². The Morgan fingerprint density at radius 3 is 2.53 bits per heavy atom. The second-order valence-corrected chi connectivity index (χ2v) is 4.43. The van der Waals surface area contributed by atoms with Crippen molar-refractivity contribution in [2.45, 2.75) is 6.54 Å². The van der Waals surface area contributed by atoms with Crippen molar-refractivity contribution >= 4 is 17.3 Å². The number of hydrogen-bond donors (Lipinski definition) is 3. The zero-order chi connectivity index (χ0) is 13.8. The van der Waals surface area contributed by atoms with E-state index in [0.717, 1.165) is 11.3 Å². The van der Waals surface area contributed by atoms with Crippen LogP contribution in [0.1, 0.15) is 5.56 Å². The molecule has 0 aromatic heterocycles. The van der Waals surface area contributed by atoms with Crippen molar-refractivity contribution in [3.05, 3.63) is 47.0 Å². The zero-order valence-electron chi connectivity index (χ0n) is 10.4. The molecule has 0 saturated heterocycles. The molecule has 0 bridgehead atoms. The highest BCUT2D eigenvalue weighted by Crippen LogP contribution is 2.28. The lowest BCUT2D eigenvalue weighted by molar-refractivity contribution is 0.403. The number of halogens is 1. The summed E-state index contributed by atoms with van der Waals surface area (Å²) in [4.78, 5) is 0. The summed E-state index contributed by atoms with van der Waals surface area (Å²) in [6.07, 6.45) is 0. The number of phenolic OH excluding ortho intramolecular Hbond substituents is 2. The molecule has 0 heterocycles. The van der Waals surface area contributed by atoms with Crippen LogP contribution in [0.25, 0.3) is 0 Å². The lowest BCUT2D eigenvalue weighted by Crippen LogP contribution is -1.99. The molecular weight excluding hydrogens is 266 g/mol. The second kappa shape index (κ2) is 5.71. The van der Waals surface area contributed by atoms with E-state index >= 15 is 0 Å². The summed E-state index contributed by atoms with van der Waals surface area (Å²) in [5.74, 6) is 0.359. The average molecular weight is 280 g/mol. The van der Waals surface area contributed by atoms with Crippen LogP contribution in [0.3, 0.4) is 0 Å². The Balaban J connectivity index is 2.05. The molecule has 0 aliphatic carbocycles. The van der Waals surface area contributed by atoms with E-state index in [1.54, 1.807) is 25.3 Å². The van der Waals surface area contributed by atoms with Gasteiger partial charge < -0.3 is 20.3 Å². The van der Waals surface area contributed by atoms with E-state index in [1.165, 1.54) is 12.1 Å². The van der Waals surface area contributed by atoms with Crippen LogP contribution >= 0.6 is 11.6 Å². The van der Waals surface area contributed by atoms with Gasteiger partial charge in [0.1, 0.15) is 5.75 Å². The maximum atomic E-state index is 9.39. The average Bonchev–Trinajstić information content (AvgIpc) is 2.40. The number of phenols is 2. The molecule has 100 valence electrons. The molecule has 0 fully saturated rings. The smallest absolute Gasteiger partial charge is 0.157 e. The third-order valence-corrected chi connectivity index (χ3v) is 2.98. The van der Waals surface area contributed by atoms with Crippen LogP contribution < -0.4 is 10.1 Å². The second-order valence-electron chi connectivity index (χ2n) is 4.03. The van der Waals surface area contributed by atoms with E-state index in [9.17, 15) is 10.2 Å². The molecule has 2 aromatic rings. The van der Waals surface area contributed by atoms with Gasteiger partial charge in [0.2, 0.25) is 0 Å². The molecule has 2 aromatic carbocycles. The van der Waals surface area contributed by atoms with Gasteiger partial charge in [-0.3, -0.25) is 0 Å². The molecule has 0 spiro atoms. The van der Waals surface area contributed by atoms with E-state index in [2.05, 4.69) is 5.32 Å². The standard InChI is InChI=1S/C14H14ClNO3/c1-19-14-5-3-10(7-11(14)15)16-8-9-2-4-12(17)13(18)6-9/h2-7,16-18H,8H2,1H3. The maximum absolute atomic E-state index is 9.39. The molecule has 0 aliphatic heterocycles. The number of anilines is 1. The Morgan fingerprint density at radius 1 is 1.11 bits per heavy atom. The largest absolute Gasteiger partial charge is 0.504 e. The van der Waals surface area contributed by atoms with Crippen LogP contribution in [0.15, 0.2) is 36.4 Å². The van der Waals surface area contributed by atoms with E-state index in [4.69, 9.17) is 16.3 Å². The molecule has 3 N–H and O–H groups in total. The van der Waals surface area contributed by atoms with Crippen LogP contribution in [0.4, 0.5) is 5.69 Å². The summed E-state index contributed by atoms with van der Waals surface area (Å²) in [7, 11) is 1.56. The zero-order valence-corrected chi connectivity index (χ0v) is 11.1. The van der Waals surface area contributed by atoms with Crippen LogP contribution in [0, 0.1) is 0 Å². The summed E-state index contributed by atoms with van der Waals surface area (Å²) in [6.45, 7) is 0.510. The van der Waals surface area contributed by atoms with Gasteiger partial charge in [0, 0.05) is 12.2 Å². The van der Waals surface area contributed by atoms with Crippen molar-refractivity contribution in [1.29, 1.82) is 0 Å². The fraction of sp³-hybridized carbons (Fsp3) is 0.143.